The number of hydrogen-bond donors (Lipinski definition) is 2. The largest absolute Gasteiger partial charge is 0.380 e. The third kappa shape index (κ3) is 4.44. The molecule has 3 aromatic rings. The van der Waals surface area contributed by atoms with Gasteiger partial charge in [0.2, 0.25) is 0 Å². The van der Waals surface area contributed by atoms with E-state index in [0.717, 1.165) is 11.4 Å². The molecule has 3 aromatic carbocycles. The molecule has 0 spiro atoms. The van der Waals surface area contributed by atoms with Gasteiger partial charge in [-0.15, -0.1) is 0 Å². The molecule has 0 unspecified atom stereocenters. The summed E-state index contributed by atoms with van der Waals surface area (Å²) in [5.74, 6) is 0. The topological polar surface area (TPSA) is 24.1 Å². The molecular formula is C20H18Cl2N2. The van der Waals surface area contributed by atoms with Gasteiger partial charge in [0.15, 0.2) is 0 Å². The molecule has 0 aliphatic heterocycles. The van der Waals surface area contributed by atoms with Gasteiger partial charge in [-0.25, -0.2) is 0 Å². The Bertz CT molecular complexity index is 725. The van der Waals surface area contributed by atoms with Crippen LogP contribution < -0.4 is 10.6 Å². The highest BCUT2D eigenvalue weighted by atomic mass is 35.5. The Balaban J connectivity index is 1.71. The minimum Gasteiger partial charge on any atom is -0.380 e. The Labute approximate surface area is 152 Å². The number of nitrogens with one attached hydrogen (secondary N) is 2. The Morgan fingerprint density at radius 1 is 0.583 bits per heavy atom. The van der Waals surface area contributed by atoms with E-state index in [2.05, 4.69) is 34.9 Å². The Kier molecular flexibility index (Phi) is 5.63. The van der Waals surface area contributed by atoms with Crippen molar-refractivity contribution < 1.29 is 0 Å². The van der Waals surface area contributed by atoms with Gasteiger partial charge in [-0.2, -0.15) is 0 Å². The number of rotatable bonds is 6. The van der Waals surface area contributed by atoms with Crippen LogP contribution in [0.5, 0.6) is 0 Å². The molecule has 0 aliphatic rings. The molecule has 0 fully saturated rings. The van der Waals surface area contributed by atoms with Crippen LogP contribution >= 0.6 is 23.2 Å². The molecule has 0 aromatic heterocycles. The molecule has 2 nitrogen and oxygen atoms in total. The van der Waals surface area contributed by atoms with Crippen molar-refractivity contribution in [3.8, 4) is 0 Å². The molecule has 3 rings (SSSR count). The number of halogens is 2. The SMILES string of the molecule is Clc1cc(Cl)c(NCc2ccccc2)cc1NCc1ccccc1. The van der Waals surface area contributed by atoms with Gasteiger partial charge >= 0.3 is 0 Å². The maximum absolute atomic E-state index is 6.31. The molecule has 0 bridgehead atoms. The zero-order valence-electron chi connectivity index (χ0n) is 13.1. The predicted molar refractivity (Wildman–Crippen MR) is 104 cm³/mol. The highest BCUT2D eigenvalue weighted by Crippen LogP contribution is 2.33. The maximum Gasteiger partial charge on any atom is 0.0653 e. The lowest BCUT2D eigenvalue weighted by Gasteiger charge is -2.14. The smallest absolute Gasteiger partial charge is 0.0653 e. The van der Waals surface area contributed by atoms with E-state index >= 15 is 0 Å². The van der Waals surface area contributed by atoms with Crippen LogP contribution in [0, 0.1) is 0 Å². The molecule has 0 aliphatic carbocycles. The summed E-state index contributed by atoms with van der Waals surface area (Å²) < 4.78 is 0. The van der Waals surface area contributed by atoms with Crippen molar-refractivity contribution in [2.24, 2.45) is 0 Å². The van der Waals surface area contributed by atoms with Gasteiger partial charge < -0.3 is 10.6 Å². The van der Waals surface area contributed by atoms with Crippen LogP contribution in [0.4, 0.5) is 11.4 Å². The fourth-order valence-corrected chi connectivity index (χ4v) is 2.92. The van der Waals surface area contributed by atoms with Crippen LogP contribution in [0.2, 0.25) is 10.0 Å². The molecule has 4 heteroatoms. The van der Waals surface area contributed by atoms with Gasteiger partial charge in [0.1, 0.15) is 0 Å². The number of hydrogen-bond acceptors (Lipinski definition) is 2. The zero-order valence-corrected chi connectivity index (χ0v) is 14.6. The summed E-state index contributed by atoms with van der Waals surface area (Å²) >= 11 is 12.6. The fraction of sp³-hybridized carbons (Fsp3) is 0.100. The second kappa shape index (κ2) is 8.09. The van der Waals surface area contributed by atoms with Crippen LogP contribution in [-0.2, 0) is 13.1 Å². The van der Waals surface area contributed by atoms with Crippen molar-refractivity contribution in [3.05, 3.63) is 94.0 Å². The Morgan fingerprint density at radius 2 is 1.00 bits per heavy atom. The Morgan fingerprint density at radius 3 is 1.42 bits per heavy atom. The third-order valence-electron chi connectivity index (χ3n) is 3.71. The average Bonchev–Trinajstić information content (AvgIpc) is 2.62. The summed E-state index contributed by atoms with van der Waals surface area (Å²) in [4.78, 5) is 0. The zero-order chi connectivity index (χ0) is 16.8. The molecule has 0 atom stereocenters. The third-order valence-corrected chi connectivity index (χ3v) is 4.33. The first-order valence-corrected chi connectivity index (χ1v) is 8.52. The van der Waals surface area contributed by atoms with Crippen LogP contribution in [0.3, 0.4) is 0 Å². The first kappa shape index (κ1) is 16.7. The maximum atomic E-state index is 6.31. The van der Waals surface area contributed by atoms with E-state index in [1.165, 1.54) is 11.1 Å². The minimum atomic E-state index is 0.612. The van der Waals surface area contributed by atoms with E-state index in [-0.39, 0.29) is 0 Å². The molecule has 2 N–H and O–H groups in total. The number of benzene rings is 3. The first-order chi connectivity index (χ1) is 11.7. The standard InChI is InChI=1S/C20H18Cl2N2/c21-17-11-18(22)20(24-14-16-9-5-2-6-10-16)12-19(17)23-13-15-7-3-1-4-8-15/h1-12,23-24H,13-14H2. The van der Waals surface area contributed by atoms with Crippen molar-refractivity contribution in [1.29, 1.82) is 0 Å². The molecule has 0 radical (unpaired) electrons. The molecular weight excluding hydrogens is 339 g/mol. The highest BCUT2D eigenvalue weighted by molar-refractivity contribution is 6.38. The fourth-order valence-electron chi connectivity index (χ4n) is 2.41. The van der Waals surface area contributed by atoms with Crippen LogP contribution in [0.1, 0.15) is 11.1 Å². The molecule has 0 saturated carbocycles. The van der Waals surface area contributed by atoms with E-state index in [9.17, 15) is 0 Å². The van der Waals surface area contributed by atoms with Gasteiger partial charge in [-0.1, -0.05) is 83.9 Å². The molecule has 0 amide bonds. The van der Waals surface area contributed by atoms with Crippen molar-refractivity contribution in [3.63, 3.8) is 0 Å². The summed E-state index contributed by atoms with van der Waals surface area (Å²) in [6.45, 7) is 1.42. The van der Waals surface area contributed by atoms with E-state index in [0.29, 0.717) is 23.1 Å². The lowest BCUT2D eigenvalue weighted by molar-refractivity contribution is 1.13. The van der Waals surface area contributed by atoms with Crippen molar-refractivity contribution in [1.82, 2.24) is 0 Å². The second-order valence-corrected chi connectivity index (χ2v) is 6.30. The summed E-state index contributed by atoms with van der Waals surface area (Å²) in [5, 5.41) is 7.95. The Hall–Kier alpha value is -2.16. The monoisotopic (exact) mass is 356 g/mol. The van der Waals surface area contributed by atoms with E-state index < -0.39 is 0 Å². The van der Waals surface area contributed by atoms with Crippen molar-refractivity contribution >= 4 is 34.6 Å². The highest BCUT2D eigenvalue weighted by Gasteiger charge is 2.07. The van der Waals surface area contributed by atoms with Gasteiger partial charge in [-0.05, 0) is 23.3 Å². The van der Waals surface area contributed by atoms with E-state index in [1.807, 2.05) is 42.5 Å². The second-order valence-electron chi connectivity index (χ2n) is 5.49. The molecule has 24 heavy (non-hydrogen) atoms. The van der Waals surface area contributed by atoms with Gasteiger partial charge in [0.05, 0.1) is 21.4 Å². The van der Waals surface area contributed by atoms with Gasteiger partial charge in [0, 0.05) is 13.1 Å². The average molecular weight is 357 g/mol. The summed E-state index contributed by atoms with van der Waals surface area (Å²) in [6.07, 6.45) is 0. The number of anilines is 2. The van der Waals surface area contributed by atoms with E-state index in [4.69, 9.17) is 23.2 Å². The van der Waals surface area contributed by atoms with Crippen molar-refractivity contribution in [2.75, 3.05) is 10.6 Å². The lowest BCUT2D eigenvalue weighted by atomic mass is 10.2. The summed E-state index contributed by atoms with van der Waals surface area (Å²) in [5.41, 5.74) is 4.12. The summed E-state index contributed by atoms with van der Waals surface area (Å²) in [7, 11) is 0. The molecule has 0 heterocycles. The minimum absolute atomic E-state index is 0.612. The lowest BCUT2D eigenvalue weighted by Crippen LogP contribution is -2.03. The molecule has 0 saturated heterocycles. The van der Waals surface area contributed by atoms with Crippen LogP contribution in [0.25, 0.3) is 0 Å². The summed E-state index contributed by atoms with van der Waals surface area (Å²) in [6, 6.07) is 24.1. The normalized spacial score (nSPS) is 10.4. The van der Waals surface area contributed by atoms with Gasteiger partial charge in [0.25, 0.3) is 0 Å². The molecule has 122 valence electrons. The van der Waals surface area contributed by atoms with E-state index in [1.54, 1.807) is 6.07 Å². The van der Waals surface area contributed by atoms with Gasteiger partial charge in [-0.3, -0.25) is 0 Å². The van der Waals surface area contributed by atoms with Crippen LogP contribution in [0.15, 0.2) is 72.8 Å². The first-order valence-electron chi connectivity index (χ1n) is 7.77. The predicted octanol–water partition coefficient (Wildman–Crippen LogP) is 6.22. The van der Waals surface area contributed by atoms with Crippen LogP contribution in [-0.4, -0.2) is 0 Å². The van der Waals surface area contributed by atoms with Crippen molar-refractivity contribution in [2.45, 2.75) is 13.1 Å². The quantitative estimate of drug-likeness (QED) is 0.547.